The van der Waals surface area contributed by atoms with Gasteiger partial charge < -0.3 is 19.5 Å². The molecule has 1 aliphatic heterocycles. The molecule has 0 saturated heterocycles. The van der Waals surface area contributed by atoms with Gasteiger partial charge in [0, 0.05) is 30.9 Å². The number of nitrogens with zero attached hydrogens (tertiary/aromatic N) is 3. The molecule has 1 aromatic carbocycles. The highest BCUT2D eigenvalue weighted by Gasteiger charge is 2.32. The Balaban J connectivity index is 1.62. The van der Waals surface area contributed by atoms with Crippen molar-refractivity contribution in [2.24, 2.45) is 7.05 Å². The Hall–Kier alpha value is -2.80. The van der Waals surface area contributed by atoms with Gasteiger partial charge >= 0.3 is 6.03 Å². The highest BCUT2D eigenvalue weighted by Crippen LogP contribution is 2.35. The number of ether oxygens (including phenoxy) is 1. The highest BCUT2D eigenvalue weighted by molar-refractivity contribution is 7.10. The summed E-state index contributed by atoms with van der Waals surface area (Å²) in [7, 11) is 3.59. The average molecular weight is 411 g/mol. The first-order valence-corrected chi connectivity index (χ1v) is 10.7. The Morgan fingerprint density at radius 2 is 2.14 bits per heavy atom. The minimum atomic E-state index is -0.338. The predicted molar refractivity (Wildman–Crippen MR) is 114 cm³/mol. The van der Waals surface area contributed by atoms with Gasteiger partial charge in [0.05, 0.1) is 13.2 Å². The molecule has 2 aromatic heterocycles. The molecule has 0 saturated carbocycles. The first-order valence-electron chi connectivity index (χ1n) is 9.87. The Kier molecular flexibility index (Phi) is 5.58. The van der Waals surface area contributed by atoms with E-state index in [1.165, 1.54) is 10.4 Å². The summed E-state index contributed by atoms with van der Waals surface area (Å²) in [5, 5.41) is 5.37. The molecule has 152 valence electrons. The first kappa shape index (κ1) is 19.5. The number of amides is 2. The molecule has 4 rings (SSSR count). The molecule has 2 amide bonds. The Morgan fingerprint density at radius 3 is 2.79 bits per heavy atom. The van der Waals surface area contributed by atoms with E-state index in [9.17, 15) is 4.79 Å². The molecule has 0 radical (unpaired) electrons. The van der Waals surface area contributed by atoms with Gasteiger partial charge in [-0.2, -0.15) is 0 Å². The summed E-state index contributed by atoms with van der Waals surface area (Å²) in [6.07, 6.45) is 5.45. The lowest BCUT2D eigenvalue weighted by Crippen LogP contribution is -2.46. The van der Waals surface area contributed by atoms with Gasteiger partial charge in [-0.15, -0.1) is 11.3 Å². The molecule has 0 bridgehead atoms. The third-order valence-corrected chi connectivity index (χ3v) is 6.57. The number of hydrogen-bond donors (Lipinski definition) is 1. The molecule has 29 heavy (non-hydrogen) atoms. The molecule has 3 aromatic rings. The number of urea groups is 1. The van der Waals surface area contributed by atoms with Crippen molar-refractivity contribution in [2.45, 2.75) is 31.8 Å². The number of fused-ring (bicyclic) bond motifs is 1. The smallest absolute Gasteiger partial charge is 0.318 e. The van der Waals surface area contributed by atoms with Crippen molar-refractivity contribution in [1.29, 1.82) is 0 Å². The van der Waals surface area contributed by atoms with E-state index < -0.39 is 0 Å². The van der Waals surface area contributed by atoms with Crippen LogP contribution in [0.25, 0.3) is 0 Å². The molecular weight excluding hydrogens is 384 g/mol. The van der Waals surface area contributed by atoms with Crippen molar-refractivity contribution in [3.05, 3.63) is 69.9 Å². The molecule has 3 heterocycles. The van der Waals surface area contributed by atoms with E-state index >= 15 is 0 Å². The summed E-state index contributed by atoms with van der Waals surface area (Å²) in [4.78, 5) is 21.2. The lowest BCUT2D eigenvalue weighted by molar-refractivity contribution is 0.165. The van der Waals surface area contributed by atoms with E-state index in [0.29, 0.717) is 0 Å². The summed E-state index contributed by atoms with van der Waals surface area (Å²) in [5.41, 5.74) is 2.26. The summed E-state index contributed by atoms with van der Waals surface area (Å²) in [6, 6.07) is 9.64. The standard InChI is InChI=1S/C22H26N4O2S/c1-4-18-17-10-14-29-19(17)9-12-26(18)22(27)24-20(21-23-11-13-25(21)2)15-5-7-16(28-3)8-6-15/h5-8,10-11,13-14,18,20H,4,9,12H2,1-3H3,(H,24,27). The van der Waals surface area contributed by atoms with Gasteiger partial charge in [0.15, 0.2) is 0 Å². The second-order valence-corrected chi connectivity index (χ2v) is 8.22. The number of imidazole rings is 1. The van der Waals surface area contributed by atoms with Crippen molar-refractivity contribution in [3.8, 4) is 5.75 Å². The van der Waals surface area contributed by atoms with E-state index in [1.807, 2.05) is 47.0 Å². The van der Waals surface area contributed by atoms with Gasteiger partial charge in [-0.05, 0) is 47.5 Å². The number of carbonyl (C=O) groups is 1. The van der Waals surface area contributed by atoms with Crippen LogP contribution in [-0.4, -0.2) is 34.1 Å². The molecule has 2 unspecified atom stereocenters. The third kappa shape index (κ3) is 3.74. The zero-order valence-corrected chi connectivity index (χ0v) is 17.8. The number of methoxy groups -OCH3 is 1. The van der Waals surface area contributed by atoms with Crippen LogP contribution in [0.15, 0.2) is 48.1 Å². The number of hydrogen-bond acceptors (Lipinski definition) is 4. The lowest BCUT2D eigenvalue weighted by Gasteiger charge is -2.36. The number of benzene rings is 1. The molecule has 0 aliphatic carbocycles. The lowest BCUT2D eigenvalue weighted by atomic mass is 9.98. The fourth-order valence-electron chi connectivity index (χ4n) is 4.03. The molecule has 1 aliphatic rings. The summed E-state index contributed by atoms with van der Waals surface area (Å²) in [6.45, 7) is 2.87. The number of thiophene rings is 1. The van der Waals surface area contributed by atoms with Crippen LogP contribution in [0.2, 0.25) is 0 Å². The SMILES string of the molecule is CCC1c2ccsc2CCN1C(=O)NC(c1ccc(OC)cc1)c1nccn1C. The third-order valence-electron chi connectivity index (χ3n) is 5.58. The van der Waals surface area contributed by atoms with Crippen molar-refractivity contribution >= 4 is 17.4 Å². The van der Waals surface area contributed by atoms with Crippen LogP contribution in [0.5, 0.6) is 5.75 Å². The van der Waals surface area contributed by atoms with Gasteiger partial charge in [0.2, 0.25) is 0 Å². The molecule has 1 N–H and O–H groups in total. The van der Waals surface area contributed by atoms with Crippen molar-refractivity contribution in [1.82, 2.24) is 19.8 Å². The van der Waals surface area contributed by atoms with Crippen molar-refractivity contribution in [3.63, 3.8) is 0 Å². The molecule has 6 nitrogen and oxygen atoms in total. The summed E-state index contributed by atoms with van der Waals surface area (Å²) in [5.74, 6) is 1.58. The summed E-state index contributed by atoms with van der Waals surface area (Å²) < 4.78 is 7.22. The fraction of sp³-hybridized carbons (Fsp3) is 0.364. The van der Waals surface area contributed by atoms with E-state index in [-0.39, 0.29) is 18.1 Å². The number of carbonyl (C=O) groups excluding carboxylic acids is 1. The molecule has 0 fully saturated rings. The van der Waals surface area contributed by atoms with Crippen LogP contribution in [0.4, 0.5) is 4.79 Å². The normalized spacial score (nSPS) is 16.9. The van der Waals surface area contributed by atoms with Crippen LogP contribution < -0.4 is 10.1 Å². The Morgan fingerprint density at radius 1 is 1.34 bits per heavy atom. The van der Waals surface area contributed by atoms with Gasteiger partial charge in [0.25, 0.3) is 0 Å². The van der Waals surface area contributed by atoms with Crippen LogP contribution in [0.1, 0.15) is 47.3 Å². The molecule has 2 atom stereocenters. The zero-order valence-electron chi connectivity index (χ0n) is 17.0. The van der Waals surface area contributed by atoms with E-state index in [0.717, 1.165) is 36.5 Å². The minimum Gasteiger partial charge on any atom is -0.497 e. The highest BCUT2D eigenvalue weighted by atomic mass is 32.1. The zero-order chi connectivity index (χ0) is 20.4. The molecular formula is C22H26N4O2S. The number of nitrogens with one attached hydrogen (secondary N) is 1. The van der Waals surface area contributed by atoms with Crippen molar-refractivity contribution < 1.29 is 9.53 Å². The maximum absolute atomic E-state index is 13.4. The van der Waals surface area contributed by atoms with Gasteiger partial charge in [0.1, 0.15) is 17.6 Å². The largest absolute Gasteiger partial charge is 0.497 e. The van der Waals surface area contributed by atoms with E-state index in [1.54, 1.807) is 24.6 Å². The summed E-state index contributed by atoms with van der Waals surface area (Å²) >= 11 is 1.79. The van der Waals surface area contributed by atoms with Crippen LogP contribution >= 0.6 is 11.3 Å². The maximum atomic E-state index is 13.4. The molecule has 0 spiro atoms. The monoisotopic (exact) mass is 410 g/mol. The second kappa shape index (κ2) is 8.29. The number of aromatic nitrogens is 2. The quantitative estimate of drug-likeness (QED) is 0.682. The van der Waals surface area contributed by atoms with E-state index in [4.69, 9.17) is 4.74 Å². The Labute approximate surface area is 175 Å². The minimum absolute atomic E-state index is 0.0579. The average Bonchev–Trinajstić information content (AvgIpc) is 3.40. The predicted octanol–water partition coefficient (Wildman–Crippen LogP) is 4.30. The van der Waals surface area contributed by atoms with Crippen LogP contribution in [0, 0.1) is 0 Å². The van der Waals surface area contributed by atoms with E-state index in [2.05, 4.69) is 28.7 Å². The first-order chi connectivity index (χ1) is 14.1. The van der Waals surface area contributed by atoms with Crippen LogP contribution in [-0.2, 0) is 13.5 Å². The Bertz CT molecular complexity index is 979. The van der Waals surface area contributed by atoms with Gasteiger partial charge in [-0.25, -0.2) is 9.78 Å². The maximum Gasteiger partial charge on any atom is 0.318 e. The topological polar surface area (TPSA) is 59.4 Å². The van der Waals surface area contributed by atoms with Gasteiger partial charge in [-0.1, -0.05) is 19.1 Å². The van der Waals surface area contributed by atoms with Crippen molar-refractivity contribution in [2.75, 3.05) is 13.7 Å². The molecule has 7 heteroatoms. The van der Waals surface area contributed by atoms with Crippen LogP contribution in [0.3, 0.4) is 0 Å². The fourth-order valence-corrected chi connectivity index (χ4v) is 4.96. The van der Waals surface area contributed by atoms with Gasteiger partial charge in [-0.3, -0.25) is 0 Å². The number of rotatable bonds is 5. The number of aryl methyl sites for hydroxylation is 1. The second-order valence-electron chi connectivity index (χ2n) is 7.22.